The Balaban J connectivity index is 0.000000251. The molecule has 0 amide bonds. The van der Waals surface area contributed by atoms with Crippen LogP contribution in [-0.4, -0.2) is 38.8 Å². The van der Waals surface area contributed by atoms with E-state index in [0.29, 0.717) is 5.56 Å². The molecule has 0 radical (unpaired) electrons. The SMILES string of the molecule is O=C(O)C(=O)Cc1ccc(O)cc1.O=C(O)C(=O)Cc1ccccc1. The summed E-state index contributed by atoms with van der Waals surface area (Å²) in [5.41, 5.74) is 1.30. The molecule has 7 heteroatoms. The number of Topliss-reactive ketones (excluding diaryl/α,β-unsaturated/α-hetero) is 2. The van der Waals surface area contributed by atoms with Crippen LogP contribution in [0.15, 0.2) is 54.6 Å². The molecule has 0 saturated heterocycles. The number of carbonyl (C=O) groups is 4. The summed E-state index contributed by atoms with van der Waals surface area (Å²) in [6.45, 7) is 0. The van der Waals surface area contributed by atoms with Gasteiger partial charge in [-0.15, -0.1) is 0 Å². The van der Waals surface area contributed by atoms with Gasteiger partial charge in [-0.2, -0.15) is 0 Å². The van der Waals surface area contributed by atoms with Gasteiger partial charge < -0.3 is 15.3 Å². The molecule has 0 aromatic heterocycles. The second-order valence-electron chi connectivity index (χ2n) is 4.96. The fourth-order valence-electron chi connectivity index (χ4n) is 1.73. The van der Waals surface area contributed by atoms with Crippen molar-refractivity contribution in [3.05, 3.63) is 65.7 Å². The predicted octanol–water partition coefficient (Wildman–Crippen LogP) is 1.47. The predicted molar refractivity (Wildman–Crippen MR) is 87.2 cm³/mol. The van der Waals surface area contributed by atoms with Crippen molar-refractivity contribution in [2.75, 3.05) is 0 Å². The van der Waals surface area contributed by atoms with Crippen molar-refractivity contribution >= 4 is 23.5 Å². The molecule has 0 aliphatic rings. The Morgan fingerprint density at radius 3 is 1.44 bits per heavy atom. The minimum Gasteiger partial charge on any atom is -0.508 e. The lowest BCUT2D eigenvalue weighted by Gasteiger charge is -1.97. The van der Waals surface area contributed by atoms with E-state index in [0.717, 1.165) is 5.56 Å². The molecule has 0 spiro atoms. The summed E-state index contributed by atoms with van der Waals surface area (Å²) >= 11 is 0. The first kappa shape index (κ1) is 19.6. The van der Waals surface area contributed by atoms with E-state index in [4.69, 9.17) is 15.3 Å². The van der Waals surface area contributed by atoms with E-state index in [9.17, 15) is 19.2 Å². The summed E-state index contributed by atoms with van der Waals surface area (Å²) in [5.74, 6) is -4.36. The van der Waals surface area contributed by atoms with E-state index in [-0.39, 0.29) is 18.6 Å². The molecule has 0 heterocycles. The van der Waals surface area contributed by atoms with E-state index in [1.54, 1.807) is 24.3 Å². The number of aromatic hydroxyl groups is 1. The van der Waals surface area contributed by atoms with Crippen molar-refractivity contribution < 1.29 is 34.5 Å². The first-order valence-corrected chi connectivity index (χ1v) is 7.13. The second-order valence-corrected chi connectivity index (χ2v) is 4.96. The summed E-state index contributed by atoms with van der Waals surface area (Å²) in [5, 5.41) is 25.5. The number of carboxylic acid groups (broad SMARTS) is 2. The quantitative estimate of drug-likeness (QED) is 0.677. The number of benzene rings is 2. The molecule has 0 unspecified atom stereocenters. The zero-order chi connectivity index (χ0) is 18.8. The molecular weight excluding hydrogens is 328 g/mol. The third-order valence-electron chi connectivity index (χ3n) is 2.99. The molecule has 3 N–H and O–H groups in total. The number of phenolic OH excluding ortho intramolecular Hbond substituents is 1. The molecule has 2 rings (SSSR count). The Hall–Kier alpha value is -3.48. The first-order valence-electron chi connectivity index (χ1n) is 7.13. The molecule has 2 aromatic carbocycles. The van der Waals surface area contributed by atoms with Gasteiger partial charge in [-0.1, -0.05) is 42.5 Å². The number of ketones is 2. The first-order chi connectivity index (χ1) is 11.8. The van der Waals surface area contributed by atoms with Crippen LogP contribution in [0.5, 0.6) is 5.75 Å². The second kappa shape index (κ2) is 9.61. The van der Waals surface area contributed by atoms with Gasteiger partial charge in [0, 0.05) is 12.8 Å². The van der Waals surface area contributed by atoms with Crippen LogP contribution < -0.4 is 0 Å². The Labute approximate surface area is 143 Å². The summed E-state index contributed by atoms with van der Waals surface area (Å²) in [4.78, 5) is 41.8. The maximum Gasteiger partial charge on any atom is 0.372 e. The van der Waals surface area contributed by atoms with Crippen LogP contribution in [0.2, 0.25) is 0 Å². The molecule has 0 atom stereocenters. The number of carbonyl (C=O) groups excluding carboxylic acids is 2. The topological polar surface area (TPSA) is 129 Å². The highest BCUT2D eigenvalue weighted by atomic mass is 16.4. The molecule has 0 fully saturated rings. The Morgan fingerprint density at radius 2 is 1.04 bits per heavy atom. The number of phenols is 1. The Morgan fingerprint density at radius 1 is 0.640 bits per heavy atom. The van der Waals surface area contributed by atoms with Gasteiger partial charge in [-0.25, -0.2) is 9.59 Å². The third-order valence-corrected chi connectivity index (χ3v) is 2.99. The number of rotatable bonds is 6. The Kier molecular flexibility index (Phi) is 7.52. The van der Waals surface area contributed by atoms with E-state index in [1.807, 2.05) is 6.07 Å². The number of aliphatic carboxylic acids is 2. The lowest BCUT2D eigenvalue weighted by Crippen LogP contribution is -2.14. The van der Waals surface area contributed by atoms with Gasteiger partial charge in [-0.3, -0.25) is 9.59 Å². The maximum absolute atomic E-state index is 10.7. The van der Waals surface area contributed by atoms with Gasteiger partial charge >= 0.3 is 11.9 Å². The lowest BCUT2D eigenvalue weighted by molar-refractivity contribution is -0.148. The van der Waals surface area contributed by atoms with Gasteiger partial charge in [0.15, 0.2) is 0 Å². The standard InChI is InChI=1S/C9H8O4.C9H8O3/c10-7-3-1-6(2-4-7)5-8(11)9(12)13;10-8(9(11)12)6-7-4-2-1-3-5-7/h1-4,10H,5H2,(H,12,13);1-5H,6H2,(H,11,12). The van der Waals surface area contributed by atoms with Crippen molar-refractivity contribution in [1.82, 2.24) is 0 Å². The summed E-state index contributed by atoms with van der Waals surface area (Å²) in [6.07, 6.45) is -0.175. The highest BCUT2D eigenvalue weighted by Gasteiger charge is 2.11. The molecule has 0 aliphatic heterocycles. The highest BCUT2D eigenvalue weighted by molar-refractivity contribution is 6.33. The van der Waals surface area contributed by atoms with Crippen LogP contribution >= 0.6 is 0 Å². The maximum atomic E-state index is 10.7. The van der Waals surface area contributed by atoms with Crippen molar-refractivity contribution in [3.63, 3.8) is 0 Å². The summed E-state index contributed by atoms with van der Waals surface area (Å²) in [6, 6.07) is 14.6. The monoisotopic (exact) mass is 344 g/mol. The number of hydrogen-bond acceptors (Lipinski definition) is 5. The minimum absolute atomic E-state index is 0.0316. The van der Waals surface area contributed by atoms with Crippen LogP contribution in [0.25, 0.3) is 0 Å². The Bertz CT molecular complexity index is 749. The molecular formula is C18H16O7. The largest absolute Gasteiger partial charge is 0.508 e. The van der Waals surface area contributed by atoms with Crippen LogP contribution in [-0.2, 0) is 32.0 Å². The molecule has 25 heavy (non-hydrogen) atoms. The normalized spacial score (nSPS) is 9.44. The smallest absolute Gasteiger partial charge is 0.372 e. The average Bonchev–Trinajstić information content (AvgIpc) is 2.58. The molecule has 7 nitrogen and oxygen atoms in total. The minimum atomic E-state index is -1.44. The number of hydrogen-bond donors (Lipinski definition) is 3. The van der Waals surface area contributed by atoms with Crippen molar-refractivity contribution in [2.45, 2.75) is 12.8 Å². The summed E-state index contributed by atoms with van der Waals surface area (Å²) < 4.78 is 0. The molecule has 2 aromatic rings. The van der Waals surface area contributed by atoms with Crippen LogP contribution in [0.3, 0.4) is 0 Å². The average molecular weight is 344 g/mol. The zero-order valence-corrected chi connectivity index (χ0v) is 13.1. The fraction of sp³-hybridized carbons (Fsp3) is 0.111. The van der Waals surface area contributed by atoms with Crippen LogP contribution in [0.4, 0.5) is 0 Å². The highest BCUT2D eigenvalue weighted by Crippen LogP contribution is 2.10. The van der Waals surface area contributed by atoms with E-state index in [1.165, 1.54) is 24.3 Å². The van der Waals surface area contributed by atoms with Gasteiger partial charge in [0.05, 0.1) is 0 Å². The van der Waals surface area contributed by atoms with E-state index >= 15 is 0 Å². The van der Waals surface area contributed by atoms with E-state index in [2.05, 4.69) is 0 Å². The lowest BCUT2D eigenvalue weighted by atomic mass is 10.1. The third kappa shape index (κ3) is 7.56. The van der Waals surface area contributed by atoms with Gasteiger partial charge in [0.2, 0.25) is 11.6 Å². The van der Waals surface area contributed by atoms with Crippen molar-refractivity contribution in [3.8, 4) is 5.75 Å². The van der Waals surface area contributed by atoms with E-state index < -0.39 is 23.5 Å². The molecule has 0 aliphatic carbocycles. The fourth-order valence-corrected chi connectivity index (χ4v) is 1.73. The molecule has 130 valence electrons. The van der Waals surface area contributed by atoms with Gasteiger partial charge in [-0.05, 0) is 23.3 Å². The molecule has 0 saturated carbocycles. The van der Waals surface area contributed by atoms with Crippen LogP contribution in [0.1, 0.15) is 11.1 Å². The van der Waals surface area contributed by atoms with Crippen molar-refractivity contribution in [2.24, 2.45) is 0 Å². The number of carboxylic acids is 2. The molecule has 0 bridgehead atoms. The van der Waals surface area contributed by atoms with Gasteiger partial charge in [0.1, 0.15) is 5.75 Å². The zero-order valence-electron chi connectivity index (χ0n) is 13.1. The van der Waals surface area contributed by atoms with Crippen molar-refractivity contribution in [1.29, 1.82) is 0 Å². The van der Waals surface area contributed by atoms with Crippen LogP contribution in [0, 0.1) is 0 Å². The van der Waals surface area contributed by atoms with Gasteiger partial charge in [0.25, 0.3) is 0 Å². The summed E-state index contributed by atoms with van der Waals surface area (Å²) in [7, 11) is 0.